The third kappa shape index (κ3) is 4.92. The van der Waals surface area contributed by atoms with Crippen LogP contribution in [0.3, 0.4) is 0 Å². The number of methoxy groups -OCH3 is 1. The minimum Gasteiger partial charge on any atom is -0.497 e. The number of rotatable bonds is 8. The number of H-pyrrole nitrogens is 1. The monoisotopic (exact) mass is 447 g/mol. The number of carbonyl (C=O) groups is 2. The molecule has 0 aliphatic carbocycles. The number of ketones is 1. The van der Waals surface area contributed by atoms with E-state index in [-0.39, 0.29) is 35.7 Å². The van der Waals surface area contributed by atoms with E-state index >= 15 is 0 Å². The van der Waals surface area contributed by atoms with E-state index in [2.05, 4.69) is 15.3 Å². The normalized spacial score (nSPS) is 10.8. The molecule has 32 heavy (non-hydrogen) atoms. The van der Waals surface area contributed by atoms with Crippen molar-refractivity contribution in [2.75, 3.05) is 12.4 Å². The van der Waals surface area contributed by atoms with Gasteiger partial charge in [-0.25, -0.2) is 4.98 Å². The molecule has 4 rings (SSSR count). The summed E-state index contributed by atoms with van der Waals surface area (Å²) >= 11 is 1.21. The molecule has 2 N–H and O–H groups in total. The highest BCUT2D eigenvalue weighted by Gasteiger charge is 2.17. The maximum absolute atomic E-state index is 12.7. The lowest BCUT2D eigenvalue weighted by Gasteiger charge is -2.05. The van der Waals surface area contributed by atoms with Crippen molar-refractivity contribution in [3.8, 4) is 5.75 Å². The van der Waals surface area contributed by atoms with Gasteiger partial charge in [-0.15, -0.1) is 11.3 Å². The number of hydrogen-bond acceptors (Lipinski definition) is 6. The van der Waals surface area contributed by atoms with Crippen molar-refractivity contribution in [2.45, 2.75) is 19.3 Å². The predicted molar refractivity (Wildman–Crippen MR) is 125 cm³/mol. The van der Waals surface area contributed by atoms with Crippen LogP contribution in [-0.4, -0.2) is 28.8 Å². The average molecular weight is 448 g/mol. The molecule has 0 saturated heterocycles. The van der Waals surface area contributed by atoms with Crippen LogP contribution in [0.4, 0.5) is 5.69 Å². The molecule has 2 heterocycles. The number of carbonyl (C=O) groups excluding carboxylic acids is 2. The maximum Gasteiger partial charge on any atom is 0.262 e. The van der Waals surface area contributed by atoms with Gasteiger partial charge in [-0.1, -0.05) is 42.5 Å². The van der Waals surface area contributed by atoms with Crippen LogP contribution >= 0.6 is 11.3 Å². The fourth-order valence-corrected chi connectivity index (χ4v) is 4.22. The second kappa shape index (κ2) is 9.57. The molecule has 0 atom stereocenters. The molecular weight excluding hydrogens is 426 g/mol. The van der Waals surface area contributed by atoms with Gasteiger partial charge in [0, 0.05) is 11.8 Å². The molecule has 2 aromatic carbocycles. The quantitative estimate of drug-likeness (QED) is 0.398. The Morgan fingerprint density at radius 1 is 1.09 bits per heavy atom. The standard InChI is InChI=1S/C24H21N3O4S/c1-31-17-9-5-8-16(12-17)10-11-19(28)22-26-23(30)21-18(14-32-24(21)27-22)25-20(29)13-15-6-3-2-4-7-15/h2-9,12,14H,10-11,13H2,1H3,(H,25,29)(H,26,27,30). The molecule has 4 aromatic rings. The van der Waals surface area contributed by atoms with Gasteiger partial charge in [0.15, 0.2) is 11.6 Å². The van der Waals surface area contributed by atoms with Gasteiger partial charge in [0.25, 0.3) is 5.56 Å². The van der Waals surface area contributed by atoms with Crippen molar-refractivity contribution in [2.24, 2.45) is 0 Å². The van der Waals surface area contributed by atoms with Crippen LogP contribution in [0, 0.1) is 0 Å². The summed E-state index contributed by atoms with van der Waals surface area (Å²) in [6, 6.07) is 16.8. The molecule has 0 fully saturated rings. The highest BCUT2D eigenvalue weighted by atomic mass is 32.1. The van der Waals surface area contributed by atoms with Gasteiger partial charge in [0.1, 0.15) is 16.0 Å². The molecule has 0 radical (unpaired) electrons. The molecule has 0 spiro atoms. The summed E-state index contributed by atoms with van der Waals surface area (Å²) in [4.78, 5) is 45.0. The summed E-state index contributed by atoms with van der Waals surface area (Å²) in [6.45, 7) is 0. The molecular formula is C24H21N3O4S. The minimum atomic E-state index is -0.448. The zero-order chi connectivity index (χ0) is 22.5. The Morgan fingerprint density at radius 3 is 2.66 bits per heavy atom. The summed E-state index contributed by atoms with van der Waals surface area (Å²) in [6.07, 6.45) is 0.904. The molecule has 1 amide bonds. The number of aryl methyl sites for hydroxylation is 1. The summed E-state index contributed by atoms with van der Waals surface area (Å²) in [5, 5.41) is 4.72. The summed E-state index contributed by atoms with van der Waals surface area (Å²) < 4.78 is 5.20. The second-order valence-electron chi connectivity index (χ2n) is 7.23. The lowest BCUT2D eigenvalue weighted by atomic mass is 10.1. The smallest absolute Gasteiger partial charge is 0.262 e. The van der Waals surface area contributed by atoms with E-state index in [1.165, 1.54) is 11.3 Å². The number of hydrogen-bond donors (Lipinski definition) is 2. The minimum absolute atomic E-state index is 0.0226. The number of thiophene rings is 1. The fourth-order valence-electron chi connectivity index (χ4n) is 3.35. The van der Waals surface area contributed by atoms with Gasteiger partial charge < -0.3 is 15.0 Å². The molecule has 2 aromatic heterocycles. The van der Waals surface area contributed by atoms with Gasteiger partial charge in [-0.05, 0) is 29.7 Å². The van der Waals surface area contributed by atoms with Gasteiger partial charge in [0.2, 0.25) is 5.91 Å². The Hall–Kier alpha value is -3.78. The molecule has 0 bridgehead atoms. The third-order valence-corrected chi connectivity index (χ3v) is 5.84. The Labute approximate surface area is 188 Å². The Balaban J connectivity index is 1.47. The lowest BCUT2D eigenvalue weighted by Crippen LogP contribution is -2.18. The second-order valence-corrected chi connectivity index (χ2v) is 8.09. The molecule has 8 heteroatoms. The van der Waals surface area contributed by atoms with E-state index < -0.39 is 5.56 Å². The summed E-state index contributed by atoms with van der Waals surface area (Å²) in [7, 11) is 1.59. The number of aromatic nitrogens is 2. The first kappa shape index (κ1) is 21.5. The van der Waals surface area contributed by atoms with Crippen LogP contribution in [0.5, 0.6) is 5.75 Å². The highest BCUT2D eigenvalue weighted by molar-refractivity contribution is 7.17. The molecule has 162 valence electrons. The molecule has 7 nitrogen and oxygen atoms in total. The average Bonchev–Trinajstić information content (AvgIpc) is 3.21. The number of nitrogens with one attached hydrogen (secondary N) is 2. The first-order chi connectivity index (χ1) is 15.5. The maximum atomic E-state index is 12.7. The van der Waals surface area contributed by atoms with Crippen molar-refractivity contribution >= 4 is 38.9 Å². The Morgan fingerprint density at radius 2 is 1.88 bits per heavy atom. The number of fused-ring (bicyclic) bond motifs is 1. The van der Waals surface area contributed by atoms with E-state index in [4.69, 9.17) is 4.74 Å². The molecule has 0 aliphatic heterocycles. The van der Waals surface area contributed by atoms with Crippen molar-refractivity contribution in [1.29, 1.82) is 0 Å². The number of benzene rings is 2. The van der Waals surface area contributed by atoms with Gasteiger partial charge in [0.05, 0.1) is 19.2 Å². The van der Waals surface area contributed by atoms with Crippen LogP contribution in [0.15, 0.2) is 64.8 Å². The zero-order valence-corrected chi connectivity index (χ0v) is 18.2. The Bertz CT molecular complexity index is 1330. The largest absolute Gasteiger partial charge is 0.497 e. The van der Waals surface area contributed by atoms with Crippen molar-refractivity contribution < 1.29 is 14.3 Å². The van der Waals surface area contributed by atoms with Crippen LogP contribution in [0.2, 0.25) is 0 Å². The number of Topliss-reactive ketones (excluding diaryl/α,β-unsaturated/α-hetero) is 1. The van der Waals surface area contributed by atoms with E-state index in [1.807, 2.05) is 54.6 Å². The van der Waals surface area contributed by atoms with E-state index in [1.54, 1.807) is 12.5 Å². The lowest BCUT2D eigenvalue weighted by molar-refractivity contribution is -0.115. The van der Waals surface area contributed by atoms with Gasteiger partial charge in [-0.2, -0.15) is 0 Å². The van der Waals surface area contributed by atoms with E-state index in [0.29, 0.717) is 16.9 Å². The molecule has 0 saturated carbocycles. The number of anilines is 1. The van der Waals surface area contributed by atoms with Gasteiger partial charge in [-0.3, -0.25) is 14.4 Å². The SMILES string of the molecule is COc1cccc(CCC(=O)c2nc3scc(NC(=O)Cc4ccccc4)c3c(=O)[nH]2)c1. The fraction of sp³-hybridized carbons (Fsp3) is 0.167. The van der Waals surface area contributed by atoms with Crippen molar-refractivity contribution in [3.63, 3.8) is 0 Å². The van der Waals surface area contributed by atoms with Crippen LogP contribution in [-0.2, 0) is 17.6 Å². The molecule has 0 aliphatic rings. The topological polar surface area (TPSA) is 101 Å². The number of amides is 1. The first-order valence-electron chi connectivity index (χ1n) is 10.0. The van der Waals surface area contributed by atoms with Crippen LogP contribution in [0.1, 0.15) is 28.2 Å². The number of ether oxygens (including phenoxy) is 1. The zero-order valence-electron chi connectivity index (χ0n) is 17.4. The van der Waals surface area contributed by atoms with Crippen LogP contribution < -0.4 is 15.6 Å². The number of aromatic amines is 1. The van der Waals surface area contributed by atoms with E-state index in [0.717, 1.165) is 16.9 Å². The highest BCUT2D eigenvalue weighted by Crippen LogP contribution is 2.26. The van der Waals surface area contributed by atoms with Gasteiger partial charge >= 0.3 is 0 Å². The van der Waals surface area contributed by atoms with Crippen molar-refractivity contribution in [1.82, 2.24) is 9.97 Å². The Kier molecular flexibility index (Phi) is 6.42. The summed E-state index contributed by atoms with van der Waals surface area (Å²) in [5.41, 5.74) is 1.78. The summed E-state index contributed by atoms with van der Waals surface area (Å²) in [5.74, 6) is 0.265. The third-order valence-electron chi connectivity index (χ3n) is 4.96. The van der Waals surface area contributed by atoms with E-state index in [9.17, 15) is 14.4 Å². The van der Waals surface area contributed by atoms with Crippen LogP contribution in [0.25, 0.3) is 10.2 Å². The first-order valence-corrected chi connectivity index (χ1v) is 10.9. The van der Waals surface area contributed by atoms with Crippen molar-refractivity contribution in [3.05, 3.63) is 87.3 Å². The number of nitrogens with zero attached hydrogens (tertiary/aromatic N) is 1. The predicted octanol–water partition coefficient (Wildman–Crippen LogP) is 3.99. The molecule has 0 unspecified atom stereocenters.